The second-order valence-corrected chi connectivity index (χ2v) is 7.75. The van der Waals surface area contributed by atoms with Gasteiger partial charge in [-0.2, -0.15) is 0 Å². The molecule has 1 N–H and O–H groups in total. The van der Waals surface area contributed by atoms with Crippen LogP contribution in [0, 0.1) is 6.92 Å². The van der Waals surface area contributed by atoms with E-state index >= 15 is 0 Å². The SMILES string of the molecule is Cc1cc(-c2nc3cccnc3s2)ccc1NC(=O)c1ccc(Cl)c(Cl)c1. The van der Waals surface area contributed by atoms with E-state index in [0.29, 0.717) is 15.6 Å². The van der Waals surface area contributed by atoms with Crippen LogP contribution in [0.1, 0.15) is 15.9 Å². The Morgan fingerprint density at radius 2 is 1.93 bits per heavy atom. The second-order valence-electron chi connectivity index (χ2n) is 5.96. The number of halogens is 2. The molecule has 2 aromatic heterocycles. The highest BCUT2D eigenvalue weighted by molar-refractivity contribution is 7.21. The van der Waals surface area contributed by atoms with Crippen LogP contribution in [0.25, 0.3) is 20.9 Å². The number of thiazole rings is 1. The second kappa shape index (κ2) is 7.27. The molecule has 0 unspecified atom stereocenters. The van der Waals surface area contributed by atoms with E-state index in [2.05, 4.69) is 15.3 Å². The molecule has 0 saturated heterocycles. The molecule has 0 aliphatic heterocycles. The van der Waals surface area contributed by atoms with Gasteiger partial charge < -0.3 is 5.32 Å². The van der Waals surface area contributed by atoms with Crippen molar-refractivity contribution in [1.82, 2.24) is 9.97 Å². The molecule has 4 nitrogen and oxygen atoms in total. The van der Waals surface area contributed by atoms with Gasteiger partial charge in [0.1, 0.15) is 15.4 Å². The van der Waals surface area contributed by atoms with Gasteiger partial charge in [-0.15, -0.1) is 0 Å². The highest BCUT2D eigenvalue weighted by Crippen LogP contribution is 2.31. The number of fused-ring (bicyclic) bond motifs is 1. The number of carbonyl (C=O) groups excluding carboxylic acids is 1. The first-order valence-electron chi connectivity index (χ1n) is 8.10. The lowest BCUT2D eigenvalue weighted by Gasteiger charge is -2.10. The van der Waals surface area contributed by atoms with Crippen molar-refractivity contribution in [3.8, 4) is 10.6 Å². The van der Waals surface area contributed by atoms with Crippen molar-refractivity contribution in [2.45, 2.75) is 6.92 Å². The quantitative estimate of drug-likeness (QED) is 0.433. The number of hydrogen-bond acceptors (Lipinski definition) is 4. The maximum atomic E-state index is 12.5. The third kappa shape index (κ3) is 3.67. The van der Waals surface area contributed by atoms with E-state index < -0.39 is 0 Å². The standard InChI is InChI=1S/C20H13Cl2N3OS/c1-11-9-13(19-25-17-3-2-8-23-20(17)27-19)5-7-16(11)24-18(26)12-4-6-14(21)15(22)10-12/h2-10H,1H3,(H,24,26). The summed E-state index contributed by atoms with van der Waals surface area (Å²) < 4.78 is 0. The van der Waals surface area contributed by atoms with E-state index in [-0.39, 0.29) is 5.91 Å². The van der Waals surface area contributed by atoms with Crippen molar-refractivity contribution >= 4 is 56.5 Å². The Hall–Kier alpha value is -2.47. The van der Waals surface area contributed by atoms with Gasteiger partial charge in [0.05, 0.1) is 10.0 Å². The Kier molecular flexibility index (Phi) is 4.83. The Morgan fingerprint density at radius 1 is 1.07 bits per heavy atom. The van der Waals surface area contributed by atoms with Crippen LogP contribution in [0.4, 0.5) is 5.69 Å². The lowest BCUT2D eigenvalue weighted by Crippen LogP contribution is -2.12. The molecule has 1 amide bonds. The number of aromatic nitrogens is 2. The Balaban J connectivity index is 1.59. The number of nitrogens with zero attached hydrogens (tertiary/aromatic N) is 2. The minimum Gasteiger partial charge on any atom is -0.322 e. The fourth-order valence-electron chi connectivity index (χ4n) is 2.66. The van der Waals surface area contributed by atoms with E-state index in [9.17, 15) is 4.79 Å². The van der Waals surface area contributed by atoms with E-state index in [4.69, 9.17) is 23.2 Å². The normalized spacial score (nSPS) is 10.9. The summed E-state index contributed by atoms with van der Waals surface area (Å²) in [5.41, 5.74) is 3.99. The number of benzene rings is 2. The summed E-state index contributed by atoms with van der Waals surface area (Å²) >= 11 is 13.4. The maximum absolute atomic E-state index is 12.5. The summed E-state index contributed by atoms with van der Waals surface area (Å²) in [4.78, 5) is 22.3. The number of rotatable bonds is 3. The molecular weight excluding hydrogens is 401 g/mol. The smallest absolute Gasteiger partial charge is 0.255 e. The first-order chi connectivity index (χ1) is 13.0. The van der Waals surface area contributed by atoms with Crippen LogP contribution in [-0.2, 0) is 0 Å². The van der Waals surface area contributed by atoms with Crippen LogP contribution in [0.15, 0.2) is 54.7 Å². The molecule has 27 heavy (non-hydrogen) atoms. The third-order valence-electron chi connectivity index (χ3n) is 4.07. The molecule has 0 atom stereocenters. The minimum atomic E-state index is -0.242. The van der Waals surface area contributed by atoms with Crippen molar-refractivity contribution in [2.75, 3.05) is 5.32 Å². The van der Waals surface area contributed by atoms with Gasteiger partial charge >= 0.3 is 0 Å². The molecule has 0 fully saturated rings. The highest BCUT2D eigenvalue weighted by Gasteiger charge is 2.12. The van der Waals surface area contributed by atoms with Crippen molar-refractivity contribution in [3.05, 3.63) is 75.9 Å². The van der Waals surface area contributed by atoms with E-state index in [1.54, 1.807) is 35.7 Å². The summed E-state index contributed by atoms with van der Waals surface area (Å²) in [6.45, 7) is 1.94. The molecule has 0 saturated carbocycles. The summed E-state index contributed by atoms with van der Waals surface area (Å²) in [7, 11) is 0. The highest BCUT2D eigenvalue weighted by atomic mass is 35.5. The predicted molar refractivity (Wildman–Crippen MR) is 112 cm³/mol. The zero-order valence-corrected chi connectivity index (χ0v) is 16.5. The monoisotopic (exact) mass is 413 g/mol. The molecule has 0 aliphatic rings. The lowest BCUT2D eigenvalue weighted by atomic mass is 10.1. The van der Waals surface area contributed by atoms with Gasteiger partial charge in [0.25, 0.3) is 5.91 Å². The number of aryl methyl sites for hydroxylation is 1. The third-order valence-corrected chi connectivity index (χ3v) is 5.84. The topological polar surface area (TPSA) is 54.9 Å². The number of carbonyl (C=O) groups is 1. The Labute approximate surface area is 169 Å². The van der Waals surface area contributed by atoms with Crippen molar-refractivity contribution in [1.29, 1.82) is 0 Å². The fraction of sp³-hybridized carbons (Fsp3) is 0.0500. The first kappa shape index (κ1) is 17.9. The summed E-state index contributed by atoms with van der Waals surface area (Å²) in [6, 6.07) is 14.4. The maximum Gasteiger partial charge on any atom is 0.255 e. The summed E-state index contributed by atoms with van der Waals surface area (Å²) in [5, 5.41) is 4.57. The molecule has 4 aromatic rings. The number of nitrogens with one attached hydrogen (secondary N) is 1. The zero-order chi connectivity index (χ0) is 19.0. The molecular formula is C20H13Cl2N3OS. The lowest BCUT2D eigenvalue weighted by molar-refractivity contribution is 0.102. The van der Waals surface area contributed by atoms with Crippen molar-refractivity contribution in [2.24, 2.45) is 0 Å². The fourth-order valence-corrected chi connectivity index (χ4v) is 3.86. The van der Waals surface area contributed by atoms with Crippen LogP contribution in [0.5, 0.6) is 0 Å². The Morgan fingerprint density at radius 3 is 2.67 bits per heavy atom. The van der Waals surface area contributed by atoms with Crippen LogP contribution in [0.3, 0.4) is 0 Å². The van der Waals surface area contributed by atoms with Gasteiger partial charge in [-0.05, 0) is 61.0 Å². The first-order valence-corrected chi connectivity index (χ1v) is 9.67. The van der Waals surface area contributed by atoms with E-state index in [1.807, 2.05) is 37.3 Å². The van der Waals surface area contributed by atoms with Crippen LogP contribution < -0.4 is 5.32 Å². The van der Waals surface area contributed by atoms with E-state index in [0.717, 1.165) is 32.2 Å². The van der Waals surface area contributed by atoms with Crippen molar-refractivity contribution < 1.29 is 4.79 Å². The Bertz CT molecular complexity index is 1140. The molecule has 0 radical (unpaired) electrons. The minimum absolute atomic E-state index is 0.242. The van der Waals surface area contributed by atoms with Gasteiger partial charge in [0.2, 0.25) is 0 Å². The number of amides is 1. The van der Waals surface area contributed by atoms with Crippen LogP contribution in [-0.4, -0.2) is 15.9 Å². The molecule has 2 aromatic carbocycles. The molecule has 0 aliphatic carbocycles. The largest absolute Gasteiger partial charge is 0.322 e. The molecule has 7 heteroatoms. The molecule has 2 heterocycles. The molecule has 134 valence electrons. The van der Waals surface area contributed by atoms with Crippen molar-refractivity contribution in [3.63, 3.8) is 0 Å². The zero-order valence-electron chi connectivity index (χ0n) is 14.2. The number of hydrogen-bond donors (Lipinski definition) is 1. The average molecular weight is 414 g/mol. The van der Waals surface area contributed by atoms with Gasteiger partial charge in [-0.25, -0.2) is 9.97 Å². The molecule has 4 rings (SSSR count). The predicted octanol–water partition coefficient (Wildman–Crippen LogP) is 6.23. The van der Waals surface area contributed by atoms with E-state index in [1.165, 1.54) is 0 Å². The summed E-state index contributed by atoms with van der Waals surface area (Å²) in [5.74, 6) is -0.242. The van der Waals surface area contributed by atoms with Gasteiger partial charge in [-0.3, -0.25) is 4.79 Å². The number of anilines is 1. The van der Waals surface area contributed by atoms with Gasteiger partial charge in [0, 0.05) is 23.0 Å². The van der Waals surface area contributed by atoms with Gasteiger partial charge in [-0.1, -0.05) is 34.5 Å². The average Bonchev–Trinajstić information content (AvgIpc) is 3.09. The van der Waals surface area contributed by atoms with Gasteiger partial charge in [0.15, 0.2) is 0 Å². The molecule has 0 bridgehead atoms. The number of pyridine rings is 1. The summed E-state index contributed by atoms with van der Waals surface area (Å²) in [6.07, 6.45) is 1.76. The molecule has 0 spiro atoms. The van der Waals surface area contributed by atoms with Crippen LogP contribution in [0.2, 0.25) is 10.0 Å². The van der Waals surface area contributed by atoms with Crippen LogP contribution >= 0.6 is 34.5 Å².